The zero-order valence-corrected chi connectivity index (χ0v) is 10.1. The normalized spacial score (nSPS) is 18.9. The molecule has 1 rings (SSSR count). The maximum Gasteiger partial charge on any atom is 0.225 e. The summed E-state index contributed by atoms with van der Waals surface area (Å²) >= 11 is 0. The molecule has 0 saturated heterocycles. The summed E-state index contributed by atoms with van der Waals surface area (Å²) in [6, 6.07) is 0. The van der Waals surface area contributed by atoms with Crippen molar-refractivity contribution in [2.45, 2.75) is 59.4 Å². The molecule has 1 aliphatic carbocycles. The Kier molecular flexibility index (Phi) is 2.93. The molecule has 14 heavy (non-hydrogen) atoms. The van der Waals surface area contributed by atoms with E-state index in [1.807, 2.05) is 20.8 Å². The fourth-order valence-electron chi connectivity index (χ4n) is 1.71. The molecule has 1 N–H and O–H groups in total. The minimum atomic E-state index is -0.277. The molecule has 0 radical (unpaired) electrons. The molecule has 82 valence electrons. The molecule has 1 amide bonds. The van der Waals surface area contributed by atoms with Gasteiger partial charge in [-0.2, -0.15) is 0 Å². The smallest absolute Gasteiger partial charge is 0.225 e. The first kappa shape index (κ1) is 11.5. The second kappa shape index (κ2) is 3.56. The minimum Gasteiger partial charge on any atom is -0.350 e. The van der Waals surface area contributed by atoms with E-state index in [9.17, 15) is 4.79 Å². The maximum atomic E-state index is 11.8. The molecule has 0 atom stereocenters. The van der Waals surface area contributed by atoms with E-state index in [0.717, 1.165) is 0 Å². The van der Waals surface area contributed by atoms with Gasteiger partial charge in [-0.15, -0.1) is 0 Å². The number of carbonyl (C=O) groups is 1. The Bertz CT molecular complexity index is 221. The van der Waals surface area contributed by atoms with Crippen molar-refractivity contribution in [2.24, 2.45) is 11.3 Å². The first-order valence-corrected chi connectivity index (χ1v) is 5.56. The highest BCUT2D eigenvalue weighted by Gasteiger charge is 2.37. The Labute approximate surface area is 87.5 Å². The van der Waals surface area contributed by atoms with Crippen molar-refractivity contribution in [1.29, 1.82) is 0 Å². The van der Waals surface area contributed by atoms with E-state index in [0.29, 0.717) is 5.92 Å². The van der Waals surface area contributed by atoms with Gasteiger partial charge in [-0.3, -0.25) is 4.79 Å². The lowest BCUT2D eigenvalue weighted by Crippen LogP contribution is -2.54. The molecule has 0 heterocycles. The number of amides is 1. The zero-order chi connectivity index (χ0) is 11.0. The molecule has 0 aromatic heterocycles. The predicted molar refractivity (Wildman–Crippen MR) is 59.0 cm³/mol. The number of carbonyl (C=O) groups excluding carboxylic acids is 1. The third-order valence-corrected chi connectivity index (χ3v) is 3.24. The standard InChI is InChI=1S/C12H23NO/c1-11(2,3)10(14)13-12(4,5)9-7-6-8-9/h9H,6-8H2,1-5H3,(H,13,14). The van der Waals surface area contributed by atoms with Crippen molar-refractivity contribution < 1.29 is 4.79 Å². The van der Waals surface area contributed by atoms with Gasteiger partial charge in [0.1, 0.15) is 0 Å². The summed E-state index contributed by atoms with van der Waals surface area (Å²) < 4.78 is 0. The highest BCUT2D eigenvalue weighted by molar-refractivity contribution is 5.82. The summed E-state index contributed by atoms with van der Waals surface area (Å²) in [5.41, 5.74) is -0.302. The van der Waals surface area contributed by atoms with Crippen molar-refractivity contribution in [1.82, 2.24) is 5.32 Å². The van der Waals surface area contributed by atoms with Crippen LogP contribution in [0, 0.1) is 11.3 Å². The summed E-state index contributed by atoms with van der Waals surface area (Å²) in [6.07, 6.45) is 3.84. The van der Waals surface area contributed by atoms with Crippen LogP contribution >= 0.6 is 0 Å². The monoisotopic (exact) mass is 197 g/mol. The van der Waals surface area contributed by atoms with Gasteiger partial charge >= 0.3 is 0 Å². The molecule has 1 fully saturated rings. The average Bonchev–Trinajstić information content (AvgIpc) is 1.76. The van der Waals surface area contributed by atoms with E-state index in [1.54, 1.807) is 0 Å². The van der Waals surface area contributed by atoms with Crippen molar-refractivity contribution >= 4 is 5.91 Å². The Morgan fingerprint density at radius 2 is 1.64 bits per heavy atom. The molecule has 0 aliphatic heterocycles. The van der Waals surface area contributed by atoms with Gasteiger partial charge in [0.25, 0.3) is 0 Å². The van der Waals surface area contributed by atoms with Crippen molar-refractivity contribution in [3.05, 3.63) is 0 Å². The topological polar surface area (TPSA) is 29.1 Å². The third-order valence-electron chi connectivity index (χ3n) is 3.24. The molecular formula is C12H23NO. The fraction of sp³-hybridized carbons (Fsp3) is 0.917. The molecule has 1 aliphatic rings. The second-order valence-corrected chi connectivity index (χ2v) is 6.05. The average molecular weight is 197 g/mol. The van der Waals surface area contributed by atoms with Crippen molar-refractivity contribution in [3.8, 4) is 0 Å². The minimum absolute atomic E-state index is 0.0252. The molecule has 2 nitrogen and oxygen atoms in total. The first-order valence-electron chi connectivity index (χ1n) is 5.56. The Hall–Kier alpha value is -0.530. The first-order chi connectivity index (χ1) is 6.23. The van der Waals surface area contributed by atoms with Crippen molar-refractivity contribution in [2.75, 3.05) is 0 Å². The number of rotatable bonds is 2. The Morgan fingerprint density at radius 3 is 1.93 bits per heavy atom. The van der Waals surface area contributed by atoms with Crippen LogP contribution in [0.3, 0.4) is 0 Å². The van der Waals surface area contributed by atoms with E-state index >= 15 is 0 Å². The summed E-state index contributed by atoms with van der Waals surface area (Å²) in [4.78, 5) is 11.8. The van der Waals surface area contributed by atoms with E-state index in [2.05, 4.69) is 19.2 Å². The lowest BCUT2D eigenvalue weighted by atomic mass is 9.72. The number of hydrogen-bond donors (Lipinski definition) is 1. The van der Waals surface area contributed by atoms with Crippen LogP contribution in [0.4, 0.5) is 0 Å². The molecule has 0 spiro atoms. The largest absolute Gasteiger partial charge is 0.350 e. The molecule has 2 heteroatoms. The highest BCUT2D eigenvalue weighted by Crippen LogP contribution is 2.36. The SMILES string of the molecule is CC(C)(C)C(=O)NC(C)(C)C1CCC1. The molecule has 0 aromatic carbocycles. The summed E-state index contributed by atoms with van der Waals surface area (Å²) in [5, 5.41) is 3.16. The van der Waals surface area contributed by atoms with Gasteiger partial charge in [0.05, 0.1) is 0 Å². The Morgan fingerprint density at radius 1 is 1.14 bits per heavy atom. The van der Waals surface area contributed by atoms with E-state index in [4.69, 9.17) is 0 Å². The second-order valence-electron chi connectivity index (χ2n) is 6.05. The van der Waals surface area contributed by atoms with Crippen molar-refractivity contribution in [3.63, 3.8) is 0 Å². The van der Waals surface area contributed by atoms with Gasteiger partial charge in [0.2, 0.25) is 5.91 Å². The van der Waals surface area contributed by atoms with Gasteiger partial charge in [0.15, 0.2) is 0 Å². The lowest BCUT2D eigenvalue weighted by Gasteiger charge is -2.42. The predicted octanol–water partition coefficient (Wildman–Crippen LogP) is 2.73. The van der Waals surface area contributed by atoms with E-state index in [1.165, 1.54) is 19.3 Å². The van der Waals surface area contributed by atoms with Gasteiger partial charge < -0.3 is 5.32 Å². The van der Waals surface area contributed by atoms with Crippen LogP contribution in [0.15, 0.2) is 0 Å². The maximum absolute atomic E-state index is 11.8. The molecule has 0 bridgehead atoms. The Balaban J connectivity index is 2.54. The number of nitrogens with one attached hydrogen (secondary N) is 1. The van der Waals surface area contributed by atoms with Crippen LogP contribution in [0.2, 0.25) is 0 Å². The van der Waals surface area contributed by atoms with Gasteiger partial charge in [-0.1, -0.05) is 27.2 Å². The summed E-state index contributed by atoms with van der Waals surface area (Å²) in [5.74, 6) is 0.836. The van der Waals surface area contributed by atoms with E-state index < -0.39 is 0 Å². The molecule has 0 aromatic rings. The zero-order valence-electron chi connectivity index (χ0n) is 10.1. The fourth-order valence-corrected chi connectivity index (χ4v) is 1.71. The van der Waals surface area contributed by atoms with Crippen LogP contribution < -0.4 is 5.32 Å². The van der Waals surface area contributed by atoms with E-state index in [-0.39, 0.29) is 16.9 Å². The lowest BCUT2D eigenvalue weighted by molar-refractivity contribution is -0.131. The van der Waals surface area contributed by atoms with Crippen LogP contribution in [0.25, 0.3) is 0 Å². The third kappa shape index (κ3) is 2.49. The molecular weight excluding hydrogens is 174 g/mol. The van der Waals surface area contributed by atoms with Gasteiger partial charge in [-0.05, 0) is 32.6 Å². The van der Waals surface area contributed by atoms with Crippen LogP contribution in [-0.2, 0) is 4.79 Å². The molecule has 1 saturated carbocycles. The quantitative estimate of drug-likeness (QED) is 0.724. The van der Waals surface area contributed by atoms with Crippen LogP contribution in [0.5, 0.6) is 0 Å². The molecule has 0 unspecified atom stereocenters. The summed E-state index contributed by atoms with van der Waals surface area (Å²) in [7, 11) is 0. The number of hydrogen-bond acceptors (Lipinski definition) is 1. The van der Waals surface area contributed by atoms with Gasteiger partial charge in [-0.25, -0.2) is 0 Å². The van der Waals surface area contributed by atoms with Gasteiger partial charge in [0, 0.05) is 11.0 Å². The van der Waals surface area contributed by atoms with Crippen LogP contribution in [-0.4, -0.2) is 11.4 Å². The summed E-state index contributed by atoms with van der Waals surface area (Å²) in [6.45, 7) is 10.2. The highest BCUT2D eigenvalue weighted by atomic mass is 16.2. The van der Waals surface area contributed by atoms with Crippen LogP contribution in [0.1, 0.15) is 53.9 Å².